The first-order valence-corrected chi connectivity index (χ1v) is 12.7. The van der Waals surface area contributed by atoms with E-state index >= 15 is 0 Å². The fourth-order valence-electron chi connectivity index (χ4n) is 3.62. The van der Waals surface area contributed by atoms with Crippen molar-refractivity contribution in [2.75, 3.05) is 24.7 Å². The van der Waals surface area contributed by atoms with Gasteiger partial charge in [-0.3, -0.25) is 4.79 Å². The highest BCUT2D eigenvalue weighted by Gasteiger charge is 2.13. The van der Waals surface area contributed by atoms with Crippen LogP contribution >= 0.6 is 11.8 Å². The molecule has 7 nitrogen and oxygen atoms in total. The predicted molar refractivity (Wildman–Crippen MR) is 139 cm³/mol. The third-order valence-electron chi connectivity index (χ3n) is 5.41. The van der Waals surface area contributed by atoms with Crippen LogP contribution in [0.4, 0.5) is 5.82 Å². The van der Waals surface area contributed by atoms with Crippen molar-refractivity contribution in [1.29, 1.82) is 0 Å². The van der Waals surface area contributed by atoms with Gasteiger partial charge in [-0.25, -0.2) is 14.6 Å². The lowest BCUT2D eigenvalue weighted by atomic mass is 10.0. The molecular formula is C26H30N6OS. The maximum Gasteiger partial charge on any atom is 0.224 e. The summed E-state index contributed by atoms with van der Waals surface area (Å²) < 4.78 is 1.83. The molecular weight excluding hydrogens is 444 g/mol. The van der Waals surface area contributed by atoms with Gasteiger partial charge in [0.15, 0.2) is 10.8 Å². The number of aromatic nitrogens is 4. The van der Waals surface area contributed by atoms with Gasteiger partial charge in [0, 0.05) is 13.1 Å². The summed E-state index contributed by atoms with van der Waals surface area (Å²) in [6, 6.07) is 18.3. The first kappa shape index (κ1) is 23.8. The van der Waals surface area contributed by atoms with E-state index in [1.54, 1.807) is 6.20 Å². The van der Waals surface area contributed by atoms with Crippen molar-refractivity contribution in [2.45, 2.75) is 32.0 Å². The molecule has 0 aliphatic carbocycles. The third kappa shape index (κ3) is 5.94. The molecule has 2 aromatic carbocycles. The van der Waals surface area contributed by atoms with Gasteiger partial charge in [-0.1, -0.05) is 80.2 Å². The van der Waals surface area contributed by atoms with Gasteiger partial charge < -0.3 is 10.6 Å². The molecule has 0 saturated heterocycles. The molecule has 0 unspecified atom stereocenters. The van der Waals surface area contributed by atoms with Crippen LogP contribution in [0, 0.1) is 5.92 Å². The van der Waals surface area contributed by atoms with Crippen LogP contribution in [0.2, 0.25) is 0 Å². The molecule has 0 aliphatic heterocycles. The Morgan fingerprint density at radius 3 is 2.47 bits per heavy atom. The number of thioether (sulfide) groups is 1. The molecule has 176 valence electrons. The summed E-state index contributed by atoms with van der Waals surface area (Å²) in [6.45, 7) is 6.16. The highest BCUT2D eigenvalue weighted by Crippen LogP contribution is 2.23. The van der Waals surface area contributed by atoms with Crippen molar-refractivity contribution < 1.29 is 4.79 Å². The number of rotatable bonds is 10. The van der Waals surface area contributed by atoms with Crippen LogP contribution in [0.3, 0.4) is 0 Å². The molecule has 2 N–H and O–H groups in total. The molecule has 0 spiro atoms. The number of anilines is 1. The zero-order valence-electron chi connectivity index (χ0n) is 19.8. The fraction of sp³-hybridized carbons (Fsp3) is 0.308. The maximum absolute atomic E-state index is 12.5. The number of hydrogen-bond acceptors (Lipinski definition) is 6. The summed E-state index contributed by atoms with van der Waals surface area (Å²) in [6.07, 6.45) is 4.09. The lowest BCUT2D eigenvalue weighted by Crippen LogP contribution is -2.28. The van der Waals surface area contributed by atoms with E-state index < -0.39 is 0 Å². The molecule has 0 aliphatic rings. The Labute approximate surface area is 204 Å². The monoisotopic (exact) mass is 474 g/mol. The van der Waals surface area contributed by atoms with E-state index in [1.807, 2.05) is 41.3 Å². The first-order valence-electron chi connectivity index (χ1n) is 11.5. The number of carbonyl (C=O) groups is 1. The van der Waals surface area contributed by atoms with Gasteiger partial charge in [0.25, 0.3) is 0 Å². The number of nitrogens with zero attached hydrogens (tertiary/aromatic N) is 4. The molecule has 0 saturated carbocycles. The molecule has 2 heterocycles. The highest BCUT2D eigenvalue weighted by atomic mass is 32.2. The van der Waals surface area contributed by atoms with Crippen molar-refractivity contribution in [3.8, 4) is 11.1 Å². The molecule has 0 bridgehead atoms. The average molecular weight is 475 g/mol. The minimum absolute atomic E-state index is 0.0114. The lowest BCUT2D eigenvalue weighted by Gasteiger charge is -2.11. The molecule has 2 aromatic heterocycles. The topological polar surface area (TPSA) is 84.7 Å². The summed E-state index contributed by atoms with van der Waals surface area (Å²) in [5.74, 6) is 1.29. The van der Waals surface area contributed by atoms with E-state index in [0.29, 0.717) is 30.6 Å². The Hall–Kier alpha value is -3.39. The first-order chi connectivity index (χ1) is 16.5. The normalized spacial score (nSPS) is 11.2. The SMILES string of the molecule is CSc1nc(NCC(C)C)c2cnn(CCNC(=O)Cc3ccc(-c4ccccc4)cc3)c2n1. The Balaban J connectivity index is 1.35. The van der Waals surface area contributed by atoms with Crippen molar-refractivity contribution in [2.24, 2.45) is 5.92 Å². The molecule has 0 fully saturated rings. The largest absolute Gasteiger partial charge is 0.369 e. The Bertz CT molecular complexity index is 1240. The van der Waals surface area contributed by atoms with Crippen molar-refractivity contribution >= 4 is 34.5 Å². The molecule has 0 radical (unpaired) electrons. The van der Waals surface area contributed by atoms with Crippen LogP contribution in [0.25, 0.3) is 22.2 Å². The highest BCUT2D eigenvalue weighted by molar-refractivity contribution is 7.98. The second kappa shape index (κ2) is 11.2. The van der Waals surface area contributed by atoms with E-state index in [0.717, 1.165) is 34.5 Å². The van der Waals surface area contributed by atoms with E-state index in [4.69, 9.17) is 0 Å². The molecule has 4 aromatic rings. The minimum Gasteiger partial charge on any atom is -0.369 e. The van der Waals surface area contributed by atoms with Crippen molar-refractivity contribution in [1.82, 2.24) is 25.1 Å². The number of fused-ring (bicyclic) bond motifs is 1. The standard InChI is InChI=1S/C26H30N6OS/c1-18(2)16-28-24-22-17-29-32(25(22)31-26(30-24)34-3)14-13-27-23(33)15-19-9-11-21(12-10-19)20-7-5-4-6-8-20/h4-12,17-18H,13-16H2,1-3H3,(H,27,33)(H,28,30,31). The summed E-state index contributed by atoms with van der Waals surface area (Å²) in [4.78, 5) is 21.7. The maximum atomic E-state index is 12.5. The summed E-state index contributed by atoms with van der Waals surface area (Å²) >= 11 is 1.50. The van der Waals surface area contributed by atoms with Crippen LogP contribution in [-0.2, 0) is 17.8 Å². The second-order valence-electron chi connectivity index (χ2n) is 8.53. The Kier molecular flexibility index (Phi) is 7.80. The summed E-state index contributed by atoms with van der Waals surface area (Å²) in [5, 5.41) is 12.5. The molecule has 0 atom stereocenters. The lowest BCUT2D eigenvalue weighted by molar-refractivity contribution is -0.120. The van der Waals surface area contributed by atoms with E-state index in [9.17, 15) is 4.79 Å². The van der Waals surface area contributed by atoms with Crippen LogP contribution in [0.5, 0.6) is 0 Å². The van der Waals surface area contributed by atoms with Gasteiger partial charge in [0.1, 0.15) is 5.82 Å². The van der Waals surface area contributed by atoms with Gasteiger partial charge in [0.05, 0.1) is 24.5 Å². The third-order valence-corrected chi connectivity index (χ3v) is 5.96. The smallest absolute Gasteiger partial charge is 0.224 e. The van der Waals surface area contributed by atoms with Crippen molar-refractivity contribution in [3.05, 3.63) is 66.4 Å². The zero-order valence-corrected chi connectivity index (χ0v) is 20.6. The predicted octanol–water partition coefficient (Wildman–Crippen LogP) is 4.64. The number of amides is 1. The quantitative estimate of drug-likeness (QED) is 0.257. The van der Waals surface area contributed by atoms with Gasteiger partial charge >= 0.3 is 0 Å². The zero-order chi connectivity index (χ0) is 23.9. The minimum atomic E-state index is -0.0114. The van der Waals surface area contributed by atoms with E-state index in [1.165, 1.54) is 17.3 Å². The van der Waals surface area contributed by atoms with Crippen molar-refractivity contribution in [3.63, 3.8) is 0 Å². The summed E-state index contributed by atoms with van der Waals surface area (Å²) in [7, 11) is 0. The number of nitrogens with one attached hydrogen (secondary N) is 2. The van der Waals surface area contributed by atoms with Crippen LogP contribution in [0.1, 0.15) is 19.4 Å². The Morgan fingerprint density at radius 2 is 1.76 bits per heavy atom. The van der Waals surface area contributed by atoms with Gasteiger partial charge in [-0.2, -0.15) is 5.10 Å². The van der Waals surface area contributed by atoms with Gasteiger partial charge in [-0.05, 0) is 28.9 Å². The van der Waals surface area contributed by atoms with Crippen LogP contribution in [-0.4, -0.2) is 45.0 Å². The number of carbonyl (C=O) groups excluding carboxylic acids is 1. The molecule has 1 amide bonds. The summed E-state index contributed by atoms with van der Waals surface area (Å²) in [5.41, 5.74) is 4.07. The molecule has 4 rings (SSSR count). The number of benzene rings is 2. The molecule has 34 heavy (non-hydrogen) atoms. The Morgan fingerprint density at radius 1 is 1.03 bits per heavy atom. The van der Waals surface area contributed by atoms with E-state index in [2.05, 4.69) is 63.8 Å². The van der Waals surface area contributed by atoms with Gasteiger partial charge in [-0.15, -0.1) is 0 Å². The second-order valence-corrected chi connectivity index (χ2v) is 9.30. The fourth-order valence-corrected chi connectivity index (χ4v) is 3.98. The average Bonchev–Trinajstić information content (AvgIpc) is 3.26. The number of hydrogen-bond donors (Lipinski definition) is 2. The van der Waals surface area contributed by atoms with E-state index in [-0.39, 0.29) is 5.91 Å². The van der Waals surface area contributed by atoms with Gasteiger partial charge in [0.2, 0.25) is 5.91 Å². The van der Waals surface area contributed by atoms with Crippen LogP contribution < -0.4 is 10.6 Å². The molecule has 8 heteroatoms. The van der Waals surface area contributed by atoms with Crippen LogP contribution in [0.15, 0.2) is 66.0 Å².